The first-order valence-corrected chi connectivity index (χ1v) is 10.3. The molecule has 0 aliphatic carbocycles. The molecule has 178 valence electrons. The molecule has 12 heteroatoms. The number of nitrogens with one attached hydrogen (secondary N) is 1. The molecule has 1 amide bonds. The Labute approximate surface area is 202 Å². The van der Waals surface area contributed by atoms with Crippen LogP contribution in [0.25, 0.3) is 0 Å². The Morgan fingerprint density at radius 3 is 2.36 bits per heavy atom. The van der Waals surface area contributed by atoms with Gasteiger partial charge in [-0.3, -0.25) is 4.79 Å². The van der Waals surface area contributed by atoms with Gasteiger partial charge in [0.15, 0.2) is 11.5 Å². The minimum atomic E-state index is -4.67. The molecular formula is C21H18Cl3F3N2O4. The first kappa shape index (κ1) is 26.6. The maximum Gasteiger partial charge on any atom is 0.426 e. The van der Waals surface area contributed by atoms with Gasteiger partial charge in [0.25, 0.3) is 5.91 Å². The van der Waals surface area contributed by atoms with E-state index in [1.54, 1.807) is 24.3 Å². The molecule has 0 aliphatic heterocycles. The molecule has 33 heavy (non-hydrogen) atoms. The summed E-state index contributed by atoms with van der Waals surface area (Å²) >= 11 is 17.4. The van der Waals surface area contributed by atoms with Gasteiger partial charge >= 0.3 is 6.18 Å². The number of carbonyl (C=O) groups is 1. The summed E-state index contributed by atoms with van der Waals surface area (Å²) in [6, 6.07) is 9.69. The zero-order valence-electron chi connectivity index (χ0n) is 17.3. The van der Waals surface area contributed by atoms with E-state index >= 15 is 0 Å². The molecule has 2 aromatic rings. The summed E-state index contributed by atoms with van der Waals surface area (Å²) in [4.78, 5) is 16.9. The topological polar surface area (TPSA) is 69.2 Å². The molecular weight excluding hydrogens is 508 g/mol. The number of oxime groups is 1. The largest absolute Gasteiger partial charge is 0.489 e. The van der Waals surface area contributed by atoms with Crippen molar-refractivity contribution in [2.45, 2.75) is 12.8 Å². The molecule has 0 aliphatic rings. The van der Waals surface area contributed by atoms with E-state index < -0.39 is 23.7 Å². The average molecular weight is 526 g/mol. The normalized spacial score (nSPS) is 12.4. The minimum Gasteiger partial charge on any atom is -0.489 e. The van der Waals surface area contributed by atoms with Crippen LogP contribution < -0.4 is 14.8 Å². The molecule has 0 unspecified atom stereocenters. The molecule has 2 rings (SSSR count). The van der Waals surface area contributed by atoms with E-state index in [0.29, 0.717) is 17.2 Å². The highest BCUT2D eigenvalue weighted by Gasteiger charge is 2.32. The average Bonchev–Trinajstić information content (AvgIpc) is 2.76. The fourth-order valence-electron chi connectivity index (χ4n) is 2.53. The third-order valence-corrected chi connectivity index (χ3v) is 4.95. The highest BCUT2D eigenvalue weighted by atomic mass is 35.5. The predicted octanol–water partition coefficient (Wildman–Crippen LogP) is 5.73. The second-order valence-corrected chi connectivity index (χ2v) is 7.45. The Bertz CT molecular complexity index is 1040. The van der Waals surface area contributed by atoms with Crippen LogP contribution in [0.5, 0.6) is 11.5 Å². The zero-order chi connectivity index (χ0) is 24.6. The molecule has 0 aromatic heterocycles. The molecule has 0 bridgehead atoms. The molecule has 0 saturated heterocycles. The van der Waals surface area contributed by atoms with Gasteiger partial charge < -0.3 is 19.6 Å². The Hall–Kier alpha value is -2.62. The minimum absolute atomic E-state index is 0.0205. The van der Waals surface area contributed by atoms with E-state index in [9.17, 15) is 18.0 Å². The Morgan fingerprint density at radius 2 is 1.79 bits per heavy atom. The van der Waals surface area contributed by atoms with Crippen molar-refractivity contribution >= 4 is 46.4 Å². The van der Waals surface area contributed by atoms with Gasteiger partial charge in [-0.05, 0) is 11.6 Å². The van der Waals surface area contributed by atoms with Crippen molar-refractivity contribution in [2.24, 2.45) is 5.16 Å². The Morgan fingerprint density at radius 1 is 1.15 bits per heavy atom. The number of amides is 1. The van der Waals surface area contributed by atoms with Crippen molar-refractivity contribution in [1.82, 2.24) is 5.32 Å². The number of hydrogen-bond acceptors (Lipinski definition) is 5. The number of rotatable bonds is 9. The smallest absolute Gasteiger partial charge is 0.426 e. The molecule has 0 radical (unpaired) electrons. The Kier molecular flexibility index (Phi) is 9.70. The van der Waals surface area contributed by atoms with Gasteiger partial charge in [0.05, 0.1) is 10.0 Å². The standard InChI is InChI=1S/C21H18Cl3F3N2O4/c1-28-20(30)18(29-31-2)14-6-4-3-5-12(14)11-33-13-9-15(22)19(16(23)10-13)32-8-7-17(24)21(25,26)27/h3-7,9-10H,8,11H2,1-2H3,(H,28,30). The van der Waals surface area contributed by atoms with Crippen LogP contribution in [0, 0.1) is 0 Å². The van der Waals surface area contributed by atoms with E-state index in [1.807, 2.05) is 0 Å². The predicted molar refractivity (Wildman–Crippen MR) is 120 cm³/mol. The molecule has 0 spiro atoms. The molecule has 0 heterocycles. The van der Waals surface area contributed by atoms with Crippen molar-refractivity contribution in [1.29, 1.82) is 0 Å². The lowest BCUT2D eigenvalue weighted by Gasteiger charge is -2.14. The van der Waals surface area contributed by atoms with E-state index in [2.05, 4.69) is 10.5 Å². The number of ether oxygens (including phenoxy) is 2. The number of hydrogen-bond donors (Lipinski definition) is 1. The number of allylic oxidation sites excluding steroid dienone is 1. The van der Waals surface area contributed by atoms with Crippen molar-refractivity contribution in [2.75, 3.05) is 20.8 Å². The summed E-state index contributed by atoms with van der Waals surface area (Å²) in [5.41, 5.74) is 1.17. The van der Waals surface area contributed by atoms with Crippen molar-refractivity contribution < 1.29 is 32.3 Å². The summed E-state index contributed by atoms with van der Waals surface area (Å²) in [7, 11) is 2.79. The van der Waals surface area contributed by atoms with Crippen molar-refractivity contribution in [3.63, 3.8) is 0 Å². The molecule has 2 aromatic carbocycles. The Balaban J connectivity index is 2.18. The number of benzene rings is 2. The highest BCUT2D eigenvalue weighted by molar-refractivity contribution is 6.45. The number of alkyl halides is 3. The second-order valence-electron chi connectivity index (χ2n) is 6.22. The monoisotopic (exact) mass is 524 g/mol. The maximum absolute atomic E-state index is 12.4. The maximum atomic E-state index is 12.4. The van der Waals surface area contributed by atoms with Gasteiger partial charge in [0.1, 0.15) is 31.1 Å². The van der Waals surface area contributed by atoms with Crippen molar-refractivity contribution in [3.8, 4) is 11.5 Å². The van der Waals surface area contributed by atoms with Gasteiger partial charge in [-0.25, -0.2) is 0 Å². The molecule has 6 nitrogen and oxygen atoms in total. The number of nitrogens with zero attached hydrogens (tertiary/aromatic N) is 1. The highest BCUT2D eigenvalue weighted by Crippen LogP contribution is 2.37. The van der Waals surface area contributed by atoms with Crippen molar-refractivity contribution in [3.05, 3.63) is 68.7 Å². The van der Waals surface area contributed by atoms with Crippen LogP contribution >= 0.6 is 34.8 Å². The second kappa shape index (κ2) is 12.0. The first-order chi connectivity index (χ1) is 15.6. The zero-order valence-corrected chi connectivity index (χ0v) is 19.6. The van der Waals surface area contributed by atoms with Crippen LogP contribution in [-0.2, 0) is 16.2 Å². The third-order valence-electron chi connectivity index (χ3n) is 4.02. The fraction of sp³-hybridized carbons (Fsp3) is 0.238. The fourth-order valence-corrected chi connectivity index (χ4v) is 3.17. The van der Waals surface area contributed by atoms with Crippen LogP contribution in [0.2, 0.25) is 10.0 Å². The molecule has 0 fully saturated rings. The summed E-state index contributed by atoms with van der Waals surface area (Å²) < 4.78 is 48.3. The van der Waals surface area contributed by atoms with E-state index in [0.717, 1.165) is 0 Å². The third kappa shape index (κ3) is 7.45. The van der Waals surface area contributed by atoms with Gasteiger partial charge in [-0.15, -0.1) is 0 Å². The summed E-state index contributed by atoms with van der Waals surface area (Å²) in [6.45, 7) is -0.473. The van der Waals surface area contributed by atoms with E-state index in [1.165, 1.54) is 26.3 Å². The number of likely N-dealkylation sites (N-methyl/N-ethyl adjacent to an activating group) is 1. The van der Waals surface area contributed by atoms with Gasteiger partial charge in [0, 0.05) is 24.7 Å². The van der Waals surface area contributed by atoms with Crippen LogP contribution in [0.3, 0.4) is 0 Å². The molecule has 1 N–H and O–H groups in total. The van der Waals surface area contributed by atoms with Crippen LogP contribution in [0.4, 0.5) is 13.2 Å². The SMILES string of the molecule is CNC(=O)C(=NOC)c1ccccc1COc1cc(Cl)c(OCC=C(Cl)C(F)(F)F)c(Cl)c1. The number of halogens is 6. The summed E-state index contributed by atoms with van der Waals surface area (Å²) in [5, 5.41) is 5.00. The van der Waals surface area contributed by atoms with Gasteiger partial charge in [0.2, 0.25) is 0 Å². The lowest BCUT2D eigenvalue weighted by Crippen LogP contribution is -2.29. The summed E-state index contributed by atoms with van der Waals surface area (Å²) in [5.74, 6) is -0.208. The summed E-state index contributed by atoms with van der Waals surface area (Å²) in [6.07, 6.45) is -4.01. The lowest BCUT2D eigenvalue weighted by molar-refractivity contribution is -0.114. The van der Waals surface area contributed by atoms with Gasteiger partial charge in [-0.1, -0.05) is 64.2 Å². The first-order valence-electron chi connectivity index (χ1n) is 9.17. The van der Waals surface area contributed by atoms with Crippen LogP contribution in [0.15, 0.2) is 52.7 Å². The lowest BCUT2D eigenvalue weighted by atomic mass is 10.0. The van der Waals surface area contributed by atoms with E-state index in [4.69, 9.17) is 49.1 Å². The molecule has 0 saturated carbocycles. The van der Waals surface area contributed by atoms with Crippen LogP contribution in [0.1, 0.15) is 11.1 Å². The van der Waals surface area contributed by atoms with E-state index in [-0.39, 0.29) is 33.9 Å². The number of carbonyl (C=O) groups excluding carboxylic acids is 1. The van der Waals surface area contributed by atoms with Crippen LogP contribution in [-0.4, -0.2) is 38.6 Å². The quantitative estimate of drug-likeness (QED) is 0.335. The molecule has 0 atom stereocenters. The van der Waals surface area contributed by atoms with Gasteiger partial charge in [-0.2, -0.15) is 13.2 Å².